The Labute approximate surface area is 102 Å². The minimum absolute atomic E-state index is 0.352. The van der Waals surface area contributed by atoms with Crippen molar-refractivity contribution in [2.45, 2.75) is 18.9 Å². The van der Waals surface area contributed by atoms with E-state index in [0.29, 0.717) is 17.5 Å². The van der Waals surface area contributed by atoms with Gasteiger partial charge in [0.15, 0.2) is 11.5 Å². The van der Waals surface area contributed by atoms with Gasteiger partial charge in [-0.15, -0.1) is 0 Å². The van der Waals surface area contributed by atoms with Crippen LogP contribution in [0.1, 0.15) is 24.4 Å². The molecule has 0 spiro atoms. The Balaban J connectivity index is 2.44. The Kier molecular flexibility index (Phi) is 3.74. The first-order valence-electron chi connectivity index (χ1n) is 5.84. The van der Waals surface area contributed by atoms with Gasteiger partial charge in [-0.25, -0.2) is 0 Å². The second-order valence-corrected chi connectivity index (χ2v) is 4.07. The summed E-state index contributed by atoms with van der Waals surface area (Å²) >= 11 is 0. The van der Waals surface area contributed by atoms with Gasteiger partial charge in [-0.1, -0.05) is 0 Å². The maximum absolute atomic E-state index is 5.48. The lowest BCUT2D eigenvalue weighted by atomic mass is 10.0. The summed E-state index contributed by atoms with van der Waals surface area (Å²) in [7, 11) is 4.92. The SMILES string of the molecule is COc1ccc(C2CCCN2)c(OC)c1OC. The van der Waals surface area contributed by atoms with Crippen molar-refractivity contribution in [2.75, 3.05) is 27.9 Å². The average molecular weight is 237 g/mol. The predicted molar refractivity (Wildman–Crippen MR) is 66.1 cm³/mol. The number of methoxy groups -OCH3 is 3. The van der Waals surface area contributed by atoms with Crippen molar-refractivity contribution in [2.24, 2.45) is 0 Å². The highest BCUT2D eigenvalue weighted by Gasteiger charge is 2.24. The van der Waals surface area contributed by atoms with Gasteiger partial charge in [-0.05, 0) is 31.5 Å². The lowest BCUT2D eigenvalue weighted by molar-refractivity contribution is 0.320. The van der Waals surface area contributed by atoms with E-state index in [4.69, 9.17) is 14.2 Å². The monoisotopic (exact) mass is 237 g/mol. The molecule has 1 aromatic rings. The fraction of sp³-hybridized carbons (Fsp3) is 0.538. The van der Waals surface area contributed by atoms with Crippen LogP contribution in [-0.2, 0) is 0 Å². The lowest BCUT2D eigenvalue weighted by Crippen LogP contribution is -2.14. The maximum Gasteiger partial charge on any atom is 0.203 e. The zero-order valence-corrected chi connectivity index (χ0v) is 10.6. The third-order valence-corrected chi connectivity index (χ3v) is 3.17. The molecule has 94 valence electrons. The molecule has 1 aromatic carbocycles. The average Bonchev–Trinajstić information content (AvgIpc) is 2.90. The summed E-state index contributed by atoms with van der Waals surface area (Å²) in [5.74, 6) is 2.14. The molecule has 0 saturated carbocycles. The van der Waals surface area contributed by atoms with Crippen LogP contribution in [-0.4, -0.2) is 27.9 Å². The summed E-state index contributed by atoms with van der Waals surface area (Å²) in [4.78, 5) is 0. The fourth-order valence-electron chi connectivity index (χ4n) is 2.35. The van der Waals surface area contributed by atoms with Crippen LogP contribution in [0.2, 0.25) is 0 Å². The third-order valence-electron chi connectivity index (χ3n) is 3.17. The molecule has 1 unspecified atom stereocenters. The standard InChI is InChI=1S/C13H19NO3/c1-15-11-7-6-9(10-5-4-8-14-10)12(16-2)13(11)17-3/h6-7,10,14H,4-5,8H2,1-3H3. The van der Waals surface area contributed by atoms with Crippen molar-refractivity contribution < 1.29 is 14.2 Å². The van der Waals surface area contributed by atoms with E-state index in [2.05, 4.69) is 5.32 Å². The second-order valence-electron chi connectivity index (χ2n) is 4.07. The first kappa shape index (κ1) is 12.0. The van der Waals surface area contributed by atoms with Crippen molar-refractivity contribution in [1.82, 2.24) is 5.32 Å². The van der Waals surface area contributed by atoms with Gasteiger partial charge in [0.1, 0.15) is 0 Å². The van der Waals surface area contributed by atoms with Crippen LogP contribution >= 0.6 is 0 Å². The second kappa shape index (κ2) is 5.27. The molecule has 0 amide bonds. The van der Waals surface area contributed by atoms with E-state index in [1.807, 2.05) is 12.1 Å². The Bertz CT molecular complexity index is 386. The zero-order chi connectivity index (χ0) is 12.3. The van der Waals surface area contributed by atoms with E-state index < -0.39 is 0 Å². The van der Waals surface area contributed by atoms with E-state index in [1.165, 1.54) is 6.42 Å². The molecular weight excluding hydrogens is 218 g/mol. The molecule has 1 fully saturated rings. The molecule has 1 atom stereocenters. The largest absolute Gasteiger partial charge is 0.493 e. The summed E-state index contributed by atoms with van der Waals surface area (Å²) in [6, 6.07) is 4.32. The van der Waals surface area contributed by atoms with Crippen LogP contribution in [0.15, 0.2) is 12.1 Å². The van der Waals surface area contributed by atoms with Crippen molar-refractivity contribution in [1.29, 1.82) is 0 Å². The van der Waals surface area contributed by atoms with Gasteiger partial charge >= 0.3 is 0 Å². The fourth-order valence-corrected chi connectivity index (χ4v) is 2.35. The van der Waals surface area contributed by atoms with E-state index >= 15 is 0 Å². The maximum atomic E-state index is 5.48. The zero-order valence-electron chi connectivity index (χ0n) is 10.6. The topological polar surface area (TPSA) is 39.7 Å². The highest BCUT2D eigenvalue weighted by Crippen LogP contribution is 2.43. The van der Waals surface area contributed by atoms with Crippen molar-refractivity contribution in [3.63, 3.8) is 0 Å². The number of rotatable bonds is 4. The number of hydrogen-bond donors (Lipinski definition) is 1. The van der Waals surface area contributed by atoms with E-state index in [0.717, 1.165) is 24.3 Å². The Morgan fingerprint density at radius 3 is 2.35 bits per heavy atom. The molecule has 1 aliphatic heterocycles. The molecule has 1 aliphatic rings. The Hall–Kier alpha value is -1.42. The van der Waals surface area contributed by atoms with Crippen molar-refractivity contribution >= 4 is 0 Å². The van der Waals surface area contributed by atoms with Crippen LogP contribution in [0.5, 0.6) is 17.2 Å². The van der Waals surface area contributed by atoms with Crippen LogP contribution in [0.4, 0.5) is 0 Å². The summed E-state index contributed by atoms with van der Waals surface area (Å²) in [6.45, 7) is 1.06. The summed E-state index contributed by atoms with van der Waals surface area (Å²) < 4.78 is 16.1. The summed E-state index contributed by atoms with van der Waals surface area (Å²) in [5, 5.41) is 3.46. The molecule has 0 radical (unpaired) electrons. The van der Waals surface area contributed by atoms with Crippen LogP contribution in [0.3, 0.4) is 0 Å². The van der Waals surface area contributed by atoms with Crippen molar-refractivity contribution in [3.05, 3.63) is 17.7 Å². The number of benzene rings is 1. The minimum atomic E-state index is 0.352. The van der Waals surface area contributed by atoms with E-state index in [9.17, 15) is 0 Å². The molecule has 17 heavy (non-hydrogen) atoms. The molecule has 2 rings (SSSR count). The van der Waals surface area contributed by atoms with Crippen LogP contribution in [0, 0.1) is 0 Å². The highest BCUT2D eigenvalue weighted by atomic mass is 16.5. The smallest absolute Gasteiger partial charge is 0.203 e. The molecule has 4 heteroatoms. The Morgan fingerprint density at radius 2 is 1.82 bits per heavy atom. The number of ether oxygens (including phenoxy) is 3. The van der Waals surface area contributed by atoms with Gasteiger partial charge < -0.3 is 19.5 Å². The minimum Gasteiger partial charge on any atom is -0.493 e. The molecule has 1 N–H and O–H groups in total. The Morgan fingerprint density at radius 1 is 1.06 bits per heavy atom. The van der Waals surface area contributed by atoms with Crippen molar-refractivity contribution in [3.8, 4) is 17.2 Å². The lowest BCUT2D eigenvalue weighted by Gasteiger charge is -2.19. The normalized spacial score (nSPS) is 19.1. The van der Waals surface area contributed by atoms with Gasteiger partial charge in [0.2, 0.25) is 5.75 Å². The molecule has 0 aromatic heterocycles. The molecular formula is C13H19NO3. The molecule has 0 bridgehead atoms. The first-order valence-corrected chi connectivity index (χ1v) is 5.84. The van der Waals surface area contributed by atoms with Gasteiger partial charge in [0.05, 0.1) is 21.3 Å². The molecule has 0 aliphatic carbocycles. The van der Waals surface area contributed by atoms with Crippen LogP contribution in [0.25, 0.3) is 0 Å². The third kappa shape index (κ3) is 2.17. The molecule has 1 heterocycles. The first-order chi connectivity index (χ1) is 8.31. The quantitative estimate of drug-likeness (QED) is 0.871. The van der Waals surface area contributed by atoms with E-state index in [-0.39, 0.29) is 0 Å². The van der Waals surface area contributed by atoms with E-state index in [1.54, 1.807) is 21.3 Å². The summed E-state index contributed by atoms with van der Waals surface area (Å²) in [6.07, 6.45) is 2.33. The van der Waals surface area contributed by atoms with Crippen LogP contribution < -0.4 is 19.5 Å². The summed E-state index contributed by atoms with van der Waals surface area (Å²) in [5.41, 5.74) is 1.14. The van der Waals surface area contributed by atoms with Gasteiger partial charge in [0, 0.05) is 11.6 Å². The number of hydrogen-bond acceptors (Lipinski definition) is 4. The molecule has 1 saturated heterocycles. The van der Waals surface area contributed by atoms with Gasteiger partial charge in [0.25, 0.3) is 0 Å². The van der Waals surface area contributed by atoms with Gasteiger partial charge in [-0.3, -0.25) is 0 Å². The predicted octanol–water partition coefficient (Wildman–Crippen LogP) is 2.14. The molecule has 4 nitrogen and oxygen atoms in total. The number of nitrogens with one attached hydrogen (secondary N) is 1. The van der Waals surface area contributed by atoms with Gasteiger partial charge in [-0.2, -0.15) is 0 Å². The highest BCUT2D eigenvalue weighted by molar-refractivity contribution is 5.56.